The molecule has 0 aliphatic carbocycles. The van der Waals surface area contributed by atoms with E-state index < -0.39 is 0 Å². The summed E-state index contributed by atoms with van der Waals surface area (Å²) in [4.78, 5) is 14.3. The molecule has 1 atom stereocenters. The number of hydrogen-bond donors (Lipinski definition) is 2. The summed E-state index contributed by atoms with van der Waals surface area (Å²) in [5.74, 6) is 0.933. The van der Waals surface area contributed by atoms with E-state index >= 15 is 0 Å². The Morgan fingerprint density at radius 2 is 2.09 bits per heavy atom. The van der Waals surface area contributed by atoms with E-state index in [1.54, 1.807) is 6.33 Å². The van der Waals surface area contributed by atoms with Gasteiger partial charge in [0, 0.05) is 25.3 Å². The van der Waals surface area contributed by atoms with Gasteiger partial charge in [-0.05, 0) is 31.0 Å². The van der Waals surface area contributed by atoms with E-state index in [-0.39, 0.29) is 0 Å². The molecule has 1 aromatic carbocycles. The Bertz CT molecular complexity index is 767. The van der Waals surface area contributed by atoms with Gasteiger partial charge in [-0.3, -0.25) is 4.90 Å². The molecule has 1 aliphatic heterocycles. The lowest BCUT2D eigenvalue weighted by Gasteiger charge is -2.33. The minimum absolute atomic E-state index is 0.431. The zero-order valence-electron chi connectivity index (χ0n) is 13.1. The topological polar surface area (TPSA) is 56.8 Å². The van der Waals surface area contributed by atoms with Crippen molar-refractivity contribution in [1.29, 1.82) is 0 Å². The quantitative estimate of drug-likeness (QED) is 0.778. The molecule has 1 fully saturated rings. The van der Waals surface area contributed by atoms with Gasteiger partial charge in [-0.25, -0.2) is 9.97 Å². The molecule has 0 radical (unpaired) electrons. The Balaban J connectivity index is 1.44. The third-order valence-electron chi connectivity index (χ3n) is 4.45. The first-order valence-corrected chi connectivity index (χ1v) is 8.19. The summed E-state index contributed by atoms with van der Waals surface area (Å²) in [6, 6.07) is 13.1. The number of benzene rings is 1. The first-order valence-electron chi connectivity index (χ1n) is 8.19. The van der Waals surface area contributed by atoms with Gasteiger partial charge < -0.3 is 10.3 Å². The minimum atomic E-state index is 0.431. The predicted molar refractivity (Wildman–Crippen MR) is 92.3 cm³/mol. The van der Waals surface area contributed by atoms with Gasteiger partial charge in [0.1, 0.15) is 17.8 Å². The summed E-state index contributed by atoms with van der Waals surface area (Å²) in [5.41, 5.74) is 2.27. The molecule has 1 saturated heterocycles. The summed E-state index contributed by atoms with van der Waals surface area (Å²) in [7, 11) is 0. The van der Waals surface area contributed by atoms with Gasteiger partial charge in [-0.2, -0.15) is 0 Å². The van der Waals surface area contributed by atoms with Crippen molar-refractivity contribution in [3.63, 3.8) is 0 Å². The lowest BCUT2D eigenvalue weighted by Crippen LogP contribution is -2.41. The van der Waals surface area contributed by atoms with Crippen molar-refractivity contribution in [2.75, 3.05) is 18.4 Å². The lowest BCUT2D eigenvalue weighted by atomic mass is 10.0. The summed E-state index contributed by atoms with van der Waals surface area (Å²) >= 11 is 0. The van der Waals surface area contributed by atoms with E-state index in [0.717, 1.165) is 36.5 Å². The van der Waals surface area contributed by atoms with E-state index in [1.807, 2.05) is 12.3 Å². The minimum Gasteiger partial charge on any atom is -0.365 e. The van der Waals surface area contributed by atoms with E-state index in [9.17, 15) is 0 Å². The number of piperidine rings is 1. The zero-order chi connectivity index (χ0) is 15.5. The number of aromatic amines is 1. The number of H-pyrrole nitrogens is 1. The SMILES string of the molecule is c1ccc(CN2CCC[C@@H](Nc3ncnc4[nH]ccc34)C2)cc1. The van der Waals surface area contributed by atoms with E-state index in [0.29, 0.717) is 6.04 Å². The van der Waals surface area contributed by atoms with Crippen LogP contribution in [0.5, 0.6) is 0 Å². The molecule has 3 aromatic rings. The Morgan fingerprint density at radius 3 is 3.00 bits per heavy atom. The number of anilines is 1. The Kier molecular flexibility index (Phi) is 3.94. The van der Waals surface area contributed by atoms with Gasteiger partial charge in [-0.1, -0.05) is 30.3 Å². The van der Waals surface area contributed by atoms with Crippen LogP contribution in [0.15, 0.2) is 48.9 Å². The molecule has 5 heteroatoms. The molecule has 0 unspecified atom stereocenters. The fourth-order valence-corrected chi connectivity index (χ4v) is 3.34. The molecule has 0 bridgehead atoms. The molecule has 1 aliphatic rings. The zero-order valence-corrected chi connectivity index (χ0v) is 13.1. The fourth-order valence-electron chi connectivity index (χ4n) is 3.34. The van der Waals surface area contributed by atoms with Crippen molar-refractivity contribution in [1.82, 2.24) is 19.9 Å². The number of aromatic nitrogens is 3. The van der Waals surface area contributed by atoms with Crippen molar-refractivity contribution < 1.29 is 0 Å². The van der Waals surface area contributed by atoms with Crippen molar-refractivity contribution in [2.45, 2.75) is 25.4 Å². The number of likely N-dealkylation sites (tertiary alicyclic amines) is 1. The third kappa shape index (κ3) is 3.19. The van der Waals surface area contributed by atoms with Crippen LogP contribution in [0.1, 0.15) is 18.4 Å². The van der Waals surface area contributed by atoms with Crippen LogP contribution >= 0.6 is 0 Å². The van der Waals surface area contributed by atoms with Crippen LogP contribution in [-0.4, -0.2) is 39.0 Å². The van der Waals surface area contributed by atoms with Crippen LogP contribution in [0, 0.1) is 0 Å². The monoisotopic (exact) mass is 307 g/mol. The van der Waals surface area contributed by atoms with Crippen molar-refractivity contribution in [3.05, 3.63) is 54.5 Å². The van der Waals surface area contributed by atoms with Gasteiger partial charge >= 0.3 is 0 Å². The van der Waals surface area contributed by atoms with Gasteiger partial charge in [0.2, 0.25) is 0 Å². The fraction of sp³-hybridized carbons (Fsp3) is 0.333. The normalized spacial score (nSPS) is 19.0. The van der Waals surface area contributed by atoms with E-state index in [4.69, 9.17) is 0 Å². The van der Waals surface area contributed by atoms with Crippen molar-refractivity contribution in [2.24, 2.45) is 0 Å². The Morgan fingerprint density at radius 1 is 1.17 bits per heavy atom. The first kappa shape index (κ1) is 14.2. The molecule has 0 amide bonds. The molecule has 5 nitrogen and oxygen atoms in total. The highest BCUT2D eigenvalue weighted by atomic mass is 15.2. The summed E-state index contributed by atoms with van der Waals surface area (Å²) in [5, 5.41) is 4.68. The van der Waals surface area contributed by atoms with Crippen LogP contribution in [0.25, 0.3) is 11.0 Å². The van der Waals surface area contributed by atoms with Gasteiger partial charge in [0.15, 0.2) is 0 Å². The second-order valence-corrected chi connectivity index (χ2v) is 6.17. The maximum Gasteiger partial charge on any atom is 0.142 e. The Hall–Kier alpha value is -2.40. The van der Waals surface area contributed by atoms with Gasteiger partial charge in [0.25, 0.3) is 0 Å². The van der Waals surface area contributed by atoms with Crippen LogP contribution in [0.3, 0.4) is 0 Å². The molecular formula is C18H21N5. The number of rotatable bonds is 4. The highest BCUT2D eigenvalue weighted by Crippen LogP contribution is 2.21. The van der Waals surface area contributed by atoms with Gasteiger partial charge in [-0.15, -0.1) is 0 Å². The predicted octanol–water partition coefficient (Wildman–Crippen LogP) is 3.03. The number of fused-ring (bicyclic) bond motifs is 1. The molecule has 0 spiro atoms. The summed E-state index contributed by atoms with van der Waals surface area (Å²) in [6.45, 7) is 3.23. The third-order valence-corrected chi connectivity index (χ3v) is 4.45. The highest BCUT2D eigenvalue weighted by Gasteiger charge is 2.20. The molecule has 118 valence electrons. The second-order valence-electron chi connectivity index (χ2n) is 6.17. The second kappa shape index (κ2) is 6.38. The van der Waals surface area contributed by atoms with E-state index in [2.05, 4.69) is 55.5 Å². The number of nitrogens with one attached hydrogen (secondary N) is 2. The van der Waals surface area contributed by atoms with Crippen LogP contribution < -0.4 is 5.32 Å². The van der Waals surface area contributed by atoms with Crippen LogP contribution in [0.2, 0.25) is 0 Å². The Labute approximate surface area is 135 Å². The molecule has 3 heterocycles. The average Bonchev–Trinajstić information content (AvgIpc) is 3.06. The molecule has 2 aromatic heterocycles. The molecular weight excluding hydrogens is 286 g/mol. The van der Waals surface area contributed by atoms with Gasteiger partial charge in [0.05, 0.1) is 5.39 Å². The highest BCUT2D eigenvalue weighted by molar-refractivity contribution is 5.86. The summed E-state index contributed by atoms with van der Waals surface area (Å²) < 4.78 is 0. The van der Waals surface area contributed by atoms with Crippen LogP contribution in [0.4, 0.5) is 5.82 Å². The van der Waals surface area contributed by atoms with E-state index in [1.165, 1.54) is 18.4 Å². The first-order chi connectivity index (χ1) is 11.4. The molecule has 0 saturated carbocycles. The average molecular weight is 307 g/mol. The molecule has 23 heavy (non-hydrogen) atoms. The molecule has 4 rings (SSSR count). The molecule has 2 N–H and O–H groups in total. The van der Waals surface area contributed by atoms with Crippen molar-refractivity contribution >= 4 is 16.9 Å². The number of hydrogen-bond acceptors (Lipinski definition) is 4. The van der Waals surface area contributed by atoms with Crippen LogP contribution in [-0.2, 0) is 6.54 Å². The van der Waals surface area contributed by atoms with Crippen molar-refractivity contribution in [3.8, 4) is 0 Å². The number of nitrogens with zero attached hydrogens (tertiary/aromatic N) is 3. The maximum absolute atomic E-state index is 4.42. The smallest absolute Gasteiger partial charge is 0.142 e. The summed E-state index contributed by atoms with van der Waals surface area (Å²) in [6.07, 6.45) is 5.92. The standard InChI is InChI=1S/C18H21N5/c1-2-5-14(6-3-1)11-23-10-4-7-15(12-23)22-18-16-8-9-19-17(16)20-13-21-18/h1-3,5-6,8-9,13,15H,4,7,10-12H2,(H2,19,20,21,22)/t15-/m1/s1. The maximum atomic E-state index is 4.42. The largest absolute Gasteiger partial charge is 0.365 e. The lowest BCUT2D eigenvalue weighted by molar-refractivity contribution is 0.208.